The van der Waals surface area contributed by atoms with Gasteiger partial charge in [0.2, 0.25) is 0 Å². The molecule has 0 aliphatic heterocycles. The van der Waals surface area contributed by atoms with Crippen LogP contribution in [0.2, 0.25) is 0 Å². The minimum Gasteiger partial charge on any atom is -0.508 e. The van der Waals surface area contributed by atoms with E-state index in [-0.39, 0.29) is 11.7 Å². The molecule has 0 aliphatic carbocycles. The van der Waals surface area contributed by atoms with E-state index >= 15 is 0 Å². The van der Waals surface area contributed by atoms with Gasteiger partial charge in [-0.2, -0.15) is 0 Å². The quantitative estimate of drug-likeness (QED) is 0.846. The van der Waals surface area contributed by atoms with Gasteiger partial charge in [0.15, 0.2) is 0 Å². The van der Waals surface area contributed by atoms with Crippen LogP contribution in [0.15, 0.2) is 30.3 Å². The topological polar surface area (TPSA) is 40.5 Å². The largest absolute Gasteiger partial charge is 0.508 e. The molecule has 0 saturated carbocycles. The molecule has 2 N–H and O–H groups in total. The number of phenols is 2. The van der Waals surface area contributed by atoms with Gasteiger partial charge in [-0.05, 0) is 60.7 Å². The fourth-order valence-corrected chi connectivity index (χ4v) is 2.49. The van der Waals surface area contributed by atoms with E-state index in [0.29, 0.717) is 5.75 Å². The fourth-order valence-electron chi connectivity index (χ4n) is 2.49. The zero-order chi connectivity index (χ0) is 14.2. The molecule has 0 fully saturated rings. The number of rotatable bonds is 2. The lowest BCUT2D eigenvalue weighted by Gasteiger charge is -2.19. The molecule has 2 aromatic carbocycles. The molecule has 2 nitrogen and oxygen atoms in total. The summed E-state index contributed by atoms with van der Waals surface area (Å²) in [6.07, 6.45) is 0. The van der Waals surface area contributed by atoms with Gasteiger partial charge in [0.1, 0.15) is 11.5 Å². The zero-order valence-corrected chi connectivity index (χ0v) is 11.9. The van der Waals surface area contributed by atoms with Gasteiger partial charge >= 0.3 is 0 Å². The standard InChI is InChI=1S/C17H20O2/c1-10-9-16(11(2)12(3)17(10)19)13(4)14-5-7-15(18)8-6-14/h5-9,13,18-19H,1-4H3. The lowest BCUT2D eigenvalue weighted by molar-refractivity contribution is 0.466. The number of hydrogen-bond donors (Lipinski definition) is 2. The number of aryl methyl sites for hydroxylation is 1. The van der Waals surface area contributed by atoms with Crippen LogP contribution in [0.25, 0.3) is 0 Å². The van der Waals surface area contributed by atoms with Gasteiger partial charge in [-0.1, -0.05) is 25.1 Å². The van der Waals surface area contributed by atoms with Gasteiger partial charge in [0.05, 0.1) is 0 Å². The van der Waals surface area contributed by atoms with Gasteiger partial charge < -0.3 is 10.2 Å². The third-order valence-electron chi connectivity index (χ3n) is 3.96. The van der Waals surface area contributed by atoms with Gasteiger partial charge in [-0.15, -0.1) is 0 Å². The van der Waals surface area contributed by atoms with Gasteiger partial charge in [0, 0.05) is 5.92 Å². The van der Waals surface area contributed by atoms with Crippen LogP contribution in [0.1, 0.15) is 40.7 Å². The van der Waals surface area contributed by atoms with Crippen molar-refractivity contribution in [2.45, 2.75) is 33.6 Å². The summed E-state index contributed by atoms with van der Waals surface area (Å²) in [5, 5.41) is 19.3. The highest BCUT2D eigenvalue weighted by Gasteiger charge is 2.15. The fraction of sp³-hybridized carbons (Fsp3) is 0.294. The van der Waals surface area contributed by atoms with Crippen molar-refractivity contribution < 1.29 is 10.2 Å². The Bertz CT molecular complexity index is 598. The maximum absolute atomic E-state index is 9.97. The van der Waals surface area contributed by atoms with E-state index in [4.69, 9.17) is 0 Å². The van der Waals surface area contributed by atoms with Crippen LogP contribution in [0.4, 0.5) is 0 Å². The van der Waals surface area contributed by atoms with Crippen molar-refractivity contribution >= 4 is 0 Å². The van der Waals surface area contributed by atoms with Gasteiger partial charge in [-0.25, -0.2) is 0 Å². The number of hydrogen-bond acceptors (Lipinski definition) is 2. The molecule has 1 atom stereocenters. The summed E-state index contributed by atoms with van der Waals surface area (Å²) in [6, 6.07) is 9.35. The minimum absolute atomic E-state index is 0.235. The molecule has 0 bridgehead atoms. The Hall–Kier alpha value is -1.96. The minimum atomic E-state index is 0.235. The predicted octanol–water partition coefficient (Wildman–Crippen LogP) is 4.17. The molecule has 100 valence electrons. The van der Waals surface area contributed by atoms with Crippen molar-refractivity contribution in [2.24, 2.45) is 0 Å². The first-order valence-corrected chi connectivity index (χ1v) is 6.50. The van der Waals surface area contributed by atoms with Crippen molar-refractivity contribution in [3.8, 4) is 11.5 Å². The van der Waals surface area contributed by atoms with E-state index in [9.17, 15) is 10.2 Å². The molecule has 1 unspecified atom stereocenters. The third kappa shape index (κ3) is 2.43. The van der Waals surface area contributed by atoms with Crippen LogP contribution in [0.3, 0.4) is 0 Å². The van der Waals surface area contributed by atoms with Gasteiger partial charge in [-0.3, -0.25) is 0 Å². The smallest absolute Gasteiger partial charge is 0.121 e. The Balaban J connectivity index is 2.50. The Morgan fingerprint density at radius 3 is 2.05 bits per heavy atom. The van der Waals surface area contributed by atoms with Crippen molar-refractivity contribution in [1.29, 1.82) is 0 Å². The normalized spacial score (nSPS) is 12.4. The Morgan fingerprint density at radius 2 is 1.47 bits per heavy atom. The van der Waals surface area contributed by atoms with Crippen LogP contribution in [-0.4, -0.2) is 10.2 Å². The Labute approximate surface area is 114 Å². The molecule has 0 spiro atoms. The molecule has 19 heavy (non-hydrogen) atoms. The summed E-state index contributed by atoms with van der Waals surface area (Å²) >= 11 is 0. The number of aromatic hydroxyl groups is 2. The van der Waals surface area contributed by atoms with E-state index in [1.807, 2.05) is 32.9 Å². The average Bonchev–Trinajstić information content (AvgIpc) is 2.40. The maximum atomic E-state index is 9.97. The molecular weight excluding hydrogens is 236 g/mol. The van der Waals surface area contributed by atoms with E-state index in [0.717, 1.165) is 22.3 Å². The van der Waals surface area contributed by atoms with Crippen LogP contribution < -0.4 is 0 Å². The molecule has 0 heterocycles. The van der Waals surface area contributed by atoms with Crippen LogP contribution in [0, 0.1) is 20.8 Å². The molecule has 0 aromatic heterocycles. The highest BCUT2D eigenvalue weighted by atomic mass is 16.3. The molecular formula is C17H20O2. The SMILES string of the molecule is Cc1cc(C(C)c2ccc(O)cc2)c(C)c(C)c1O. The first-order chi connectivity index (χ1) is 8.91. The van der Waals surface area contributed by atoms with Crippen molar-refractivity contribution in [2.75, 3.05) is 0 Å². The van der Waals surface area contributed by atoms with E-state index in [2.05, 4.69) is 13.0 Å². The summed E-state index contributed by atoms with van der Waals surface area (Å²) in [7, 11) is 0. The monoisotopic (exact) mass is 256 g/mol. The van der Waals surface area contributed by atoms with E-state index in [1.165, 1.54) is 5.56 Å². The maximum Gasteiger partial charge on any atom is 0.121 e. The zero-order valence-electron chi connectivity index (χ0n) is 11.9. The van der Waals surface area contributed by atoms with Crippen LogP contribution in [-0.2, 0) is 0 Å². The van der Waals surface area contributed by atoms with E-state index < -0.39 is 0 Å². The first kappa shape index (κ1) is 13.5. The predicted molar refractivity (Wildman–Crippen MR) is 77.9 cm³/mol. The third-order valence-corrected chi connectivity index (χ3v) is 3.96. The Morgan fingerprint density at radius 1 is 0.895 bits per heavy atom. The van der Waals surface area contributed by atoms with Crippen molar-refractivity contribution in [1.82, 2.24) is 0 Å². The summed E-state index contributed by atoms with van der Waals surface area (Å²) in [4.78, 5) is 0. The summed E-state index contributed by atoms with van der Waals surface area (Å²) in [6.45, 7) is 8.06. The second-order valence-corrected chi connectivity index (χ2v) is 5.19. The van der Waals surface area contributed by atoms with Crippen molar-refractivity contribution in [3.63, 3.8) is 0 Å². The highest BCUT2D eigenvalue weighted by molar-refractivity contribution is 5.51. The number of phenolic OH excluding ortho intramolecular Hbond substituents is 2. The Kier molecular flexibility index (Phi) is 3.52. The summed E-state index contributed by atoms with van der Waals surface area (Å²) in [5.74, 6) is 0.906. The van der Waals surface area contributed by atoms with Crippen LogP contribution >= 0.6 is 0 Å². The van der Waals surface area contributed by atoms with Gasteiger partial charge in [0.25, 0.3) is 0 Å². The lowest BCUT2D eigenvalue weighted by Crippen LogP contribution is -2.01. The molecule has 0 amide bonds. The first-order valence-electron chi connectivity index (χ1n) is 6.50. The van der Waals surface area contributed by atoms with Crippen molar-refractivity contribution in [3.05, 3.63) is 58.1 Å². The molecule has 0 saturated heterocycles. The summed E-state index contributed by atoms with van der Waals surface area (Å²) in [5.41, 5.74) is 5.36. The molecule has 0 radical (unpaired) electrons. The molecule has 2 aromatic rings. The second-order valence-electron chi connectivity index (χ2n) is 5.19. The second kappa shape index (κ2) is 4.96. The number of benzene rings is 2. The average molecular weight is 256 g/mol. The molecule has 2 rings (SSSR count). The highest BCUT2D eigenvalue weighted by Crippen LogP contribution is 2.34. The van der Waals surface area contributed by atoms with Crippen LogP contribution in [0.5, 0.6) is 11.5 Å². The molecule has 0 aliphatic rings. The van der Waals surface area contributed by atoms with E-state index in [1.54, 1.807) is 12.1 Å². The lowest BCUT2D eigenvalue weighted by atomic mass is 9.86. The summed E-state index contributed by atoms with van der Waals surface area (Å²) < 4.78 is 0. The molecule has 2 heteroatoms.